The van der Waals surface area contributed by atoms with Crippen molar-refractivity contribution in [2.45, 2.75) is 20.3 Å². The van der Waals surface area contributed by atoms with Crippen molar-refractivity contribution < 1.29 is 9.59 Å². The van der Waals surface area contributed by atoms with Crippen molar-refractivity contribution in [2.24, 2.45) is 5.73 Å². The summed E-state index contributed by atoms with van der Waals surface area (Å²) in [5.41, 5.74) is 4.67. The molecule has 0 aromatic rings. The summed E-state index contributed by atoms with van der Waals surface area (Å²) in [6.07, 6.45) is -0.226. The summed E-state index contributed by atoms with van der Waals surface area (Å²) in [7, 11) is 1.45. The largest absolute Gasteiger partial charge is 0.369 e. The first-order valence-electron chi connectivity index (χ1n) is 3.15. The minimum Gasteiger partial charge on any atom is -0.369 e. The molecule has 4 heteroatoms. The van der Waals surface area contributed by atoms with E-state index in [1.807, 2.05) is 13.8 Å². The second-order valence-electron chi connectivity index (χ2n) is 1.32. The van der Waals surface area contributed by atoms with Crippen molar-refractivity contribution in [1.29, 1.82) is 0 Å². The number of carbonyl (C=O) groups excluding carboxylic acids is 2. The number of primary amides is 1. The van der Waals surface area contributed by atoms with E-state index in [4.69, 9.17) is 0 Å². The van der Waals surface area contributed by atoms with Gasteiger partial charge in [0, 0.05) is 7.05 Å². The number of nitrogens with one attached hydrogen (secondary N) is 1. The zero-order chi connectivity index (χ0) is 8.57. The summed E-state index contributed by atoms with van der Waals surface area (Å²) in [4.78, 5) is 20.1. The summed E-state index contributed by atoms with van der Waals surface area (Å²) in [5.74, 6) is -0.957. The fraction of sp³-hybridized carbons (Fsp3) is 0.667. The lowest BCUT2D eigenvalue weighted by Crippen LogP contribution is -2.24. The third kappa shape index (κ3) is 10.0. The smallest absolute Gasteiger partial charge is 0.229 e. The number of carbonyl (C=O) groups is 2. The first kappa shape index (κ1) is 11.7. The lowest BCUT2D eigenvalue weighted by Gasteiger charge is -1.91. The third-order valence-electron chi connectivity index (χ3n) is 0.614. The van der Waals surface area contributed by atoms with Crippen molar-refractivity contribution >= 4 is 11.8 Å². The Morgan fingerprint density at radius 1 is 1.40 bits per heavy atom. The minimum absolute atomic E-state index is 0.226. The van der Waals surface area contributed by atoms with Crippen LogP contribution in [0.3, 0.4) is 0 Å². The van der Waals surface area contributed by atoms with E-state index in [0.29, 0.717) is 0 Å². The topological polar surface area (TPSA) is 72.2 Å². The van der Waals surface area contributed by atoms with Gasteiger partial charge in [0.05, 0.1) is 0 Å². The van der Waals surface area contributed by atoms with Gasteiger partial charge in [0.1, 0.15) is 6.42 Å². The second-order valence-corrected chi connectivity index (χ2v) is 1.32. The van der Waals surface area contributed by atoms with Crippen molar-refractivity contribution in [2.75, 3.05) is 7.05 Å². The van der Waals surface area contributed by atoms with Crippen LogP contribution in [-0.4, -0.2) is 18.9 Å². The van der Waals surface area contributed by atoms with Crippen LogP contribution in [0.15, 0.2) is 0 Å². The molecule has 0 aromatic carbocycles. The highest BCUT2D eigenvalue weighted by molar-refractivity contribution is 5.95. The highest BCUT2D eigenvalue weighted by Gasteiger charge is 2.00. The number of hydrogen-bond donors (Lipinski definition) is 2. The number of nitrogens with two attached hydrogens (primary N) is 1. The Labute approximate surface area is 60.8 Å². The predicted octanol–water partition coefficient (Wildman–Crippen LogP) is -0.366. The van der Waals surface area contributed by atoms with E-state index in [1.165, 1.54) is 7.05 Å². The van der Waals surface area contributed by atoms with Gasteiger partial charge in [-0.15, -0.1) is 0 Å². The molecule has 0 aliphatic carbocycles. The Bertz CT molecular complexity index is 112. The van der Waals surface area contributed by atoms with E-state index >= 15 is 0 Å². The maximum absolute atomic E-state index is 10.2. The van der Waals surface area contributed by atoms with Crippen molar-refractivity contribution in [3.05, 3.63) is 0 Å². The maximum atomic E-state index is 10.2. The number of rotatable bonds is 2. The molecule has 0 spiro atoms. The standard InChI is InChI=1S/C4H8N2O2.C2H6/c1-6-4(8)2-3(5)7;1-2/h2H2,1H3,(H2,5,7)(H,6,8);1-2H3. The van der Waals surface area contributed by atoms with Gasteiger partial charge in [0.15, 0.2) is 0 Å². The molecule has 0 saturated carbocycles. The molecule has 0 rings (SSSR count). The molecule has 60 valence electrons. The molecule has 0 aliphatic rings. The van der Waals surface area contributed by atoms with Gasteiger partial charge in [0.25, 0.3) is 0 Å². The first-order valence-corrected chi connectivity index (χ1v) is 3.15. The molecule has 3 N–H and O–H groups in total. The van der Waals surface area contributed by atoms with E-state index in [0.717, 1.165) is 0 Å². The van der Waals surface area contributed by atoms with E-state index in [1.54, 1.807) is 0 Å². The van der Waals surface area contributed by atoms with Gasteiger partial charge in [-0.05, 0) is 0 Å². The summed E-state index contributed by atoms with van der Waals surface area (Å²) < 4.78 is 0. The van der Waals surface area contributed by atoms with Gasteiger partial charge in [-0.3, -0.25) is 9.59 Å². The van der Waals surface area contributed by atoms with Gasteiger partial charge in [-0.25, -0.2) is 0 Å². The molecule has 0 aromatic heterocycles. The van der Waals surface area contributed by atoms with Crippen molar-refractivity contribution in [3.8, 4) is 0 Å². The third-order valence-corrected chi connectivity index (χ3v) is 0.614. The number of hydrogen-bond acceptors (Lipinski definition) is 2. The SMILES string of the molecule is CC.CNC(=O)CC(N)=O. The van der Waals surface area contributed by atoms with Crippen LogP contribution in [0, 0.1) is 0 Å². The monoisotopic (exact) mass is 146 g/mol. The van der Waals surface area contributed by atoms with Crippen LogP contribution in [0.25, 0.3) is 0 Å². The lowest BCUT2D eigenvalue weighted by molar-refractivity contribution is -0.127. The van der Waals surface area contributed by atoms with Crippen LogP contribution < -0.4 is 11.1 Å². The van der Waals surface area contributed by atoms with E-state index < -0.39 is 5.91 Å². The fourth-order valence-corrected chi connectivity index (χ4v) is 0.247. The lowest BCUT2D eigenvalue weighted by atomic mass is 10.4. The van der Waals surface area contributed by atoms with Crippen LogP contribution in [0.1, 0.15) is 20.3 Å². The molecule has 4 nitrogen and oxygen atoms in total. The molecule has 0 radical (unpaired) electrons. The Balaban J connectivity index is 0. The van der Waals surface area contributed by atoms with Crippen molar-refractivity contribution in [1.82, 2.24) is 5.32 Å². The van der Waals surface area contributed by atoms with Gasteiger partial charge in [-0.2, -0.15) is 0 Å². The molecule has 0 saturated heterocycles. The van der Waals surface area contributed by atoms with Crippen LogP contribution in [0.4, 0.5) is 0 Å². The molecule has 0 aliphatic heterocycles. The van der Waals surface area contributed by atoms with Gasteiger partial charge in [-0.1, -0.05) is 13.8 Å². The maximum Gasteiger partial charge on any atom is 0.229 e. The predicted molar refractivity (Wildman–Crippen MR) is 39.2 cm³/mol. The van der Waals surface area contributed by atoms with E-state index in [-0.39, 0.29) is 12.3 Å². The van der Waals surface area contributed by atoms with Crippen LogP contribution in [0.2, 0.25) is 0 Å². The molecular formula is C6H14N2O2. The summed E-state index contributed by atoms with van der Waals surface area (Å²) in [6, 6.07) is 0. The highest BCUT2D eigenvalue weighted by Crippen LogP contribution is 1.72. The first-order chi connectivity index (χ1) is 4.66. The van der Waals surface area contributed by atoms with E-state index in [2.05, 4.69) is 11.1 Å². The van der Waals surface area contributed by atoms with Gasteiger partial charge in [0.2, 0.25) is 11.8 Å². The molecule has 2 amide bonds. The molecule has 0 bridgehead atoms. The summed E-state index contributed by atoms with van der Waals surface area (Å²) in [6.45, 7) is 4.00. The normalized spacial score (nSPS) is 7.10. The van der Waals surface area contributed by atoms with Crippen molar-refractivity contribution in [3.63, 3.8) is 0 Å². The zero-order valence-corrected chi connectivity index (χ0v) is 6.60. The highest BCUT2D eigenvalue weighted by atomic mass is 16.2. The quantitative estimate of drug-likeness (QED) is 0.522. The summed E-state index contributed by atoms with van der Waals surface area (Å²) >= 11 is 0. The van der Waals surface area contributed by atoms with Gasteiger partial charge < -0.3 is 11.1 Å². The minimum atomic E-state index is -0.607. The molecule has 10 heavy (non-hydrogen) atoms. The molecule has 0 heterocycles. The molecule has 0 atom stereocenters. The second kappa shape index (κ2) is 7.94. The Hall–Kier alpha value is -1.06. The van der Waals surface area contributed by atoms with Crippen LogP contribution in [-0.2, 0) is 9.59 Å². The average molecular weight is 146 g/mol. The Kier molecular flexibility index (Phi) is 9.29. The molecular weight excluding hydrogens is 132 g/mol. The average Bonchev–Trinajstić information content (AvgIpc) is 1.91. The molecule has 0 unspecified atom stereocenters. The zero-order valence-electron chi connectivity index (χ0n) is 6.60. The Morgan fingerprint density at radius 3 is 1.90 bits per heavy atom. The van der Waals surface area contributed by atoms with Crippen LogP contribution >= 0.6 is 0 Å². The Morgan fingerprint density at radius 2 is 1.80 bits per heavy atom. The van der Waals surface area contributed by atoms with Crippen LogP contribution in [0.5, 0.6) is 0 Å². The number of amides is 2. The van der Waals surface area contributed by atoms with Gasteiger partial charge >= 0.3 is 0 Å². The summed E-state index contributed by atoms with van der Waals surface area (Å²) in [5, 5.41) is 2.26. The van der Waals surface area contributed by atoms with E-state index in [9.17, 15) is 9.59 Å². The fourth-order valence-electron chi connectivity index (χ4n) is 0.247. The molecule has 0 fully saturated rings.